The number of hydrogen-bond donors (Lipinski definition) is 1. The Morgan fingerprint density at radius 1 is 1.03 bits per heavy atom. The summed E-state index contributed by atoms with van der Waals surface area (Å²) in [6.45, 7) is 4.51. The van der Waals surface area contributed by atoms with E-state index in [1.807, 2.05) is 43.3 Å². The Morgan fingerprint density at radius 2 is 1.72 bits per heavy atom. The van der Waals surface area contributed by atoms with Crippen LogP contribution in [-0.2, 0) is 27.5 Å². The van der Waals surface area contributed by atoms with Gasteiger partial charge in [0.2, 0.25) is 12.7 Å². The van der Waals surface area contributed by atoms with Crippen molar-refractivity contribution in [3.63, 3.8) is 0 Å². The number of sulfone groups is 1. The first-order valence-corrected chi connectivity index (χ1v) is 13.5. The molecule has 2 heterocycles. The van der Waals surface area contributed by atoms with E-state index in [-0.39, 0.29) is 11.7 Å². The highest BCUT2D eigenvalue weighted by atomic mass is 32.2. The fraction of sp³-hybridized carbons (Fsp3) is 0.259. The van der Waals surface area contributed by atoms with Crippen molar-refractivity contribution in [3.8, 4) is 17.2 Å². The number of carbonyl (C=O) groups excluding carboxylic acids is 1. The smallest absolute Gasteiger partial charge is 0.235 e. The molecule has 0 radical (unpaired) electrons. The molecule has 1 aromatic heterocycles. The number of aromatic nitrogens is 2. The van der Waals surface area contributed by atoms with E-state index in [9.17, 15) is 13.2 Å². The SMILES string of the molecule is CCc1nc2cc3c(cc2n1-c1ccc(CCNC(=O)CS(=O)(=O)c2ccc(C)cc2)cc1)OCO3. The fourth-order valence-corrected chi connectivity index (χ4v) is 5.42. The van der Waals surface area contributed by atoms with Crippen LogP contribution in [0.1, 0.15) is 23.9 Å². The molecular formula is C27H27N3O5S. The largest absolute Gasteiger partial charge is 0.454 e. The molecule has 36 heavy (non-hydrogen) atoms. The molecule has 186 valence electrons. The molecule has 5 rings (SSSR count). The van der Waals surface area contributed by atoms with Crippen LogP contribution in [0.2, 0.25) is 0 Å². The number of nitrogens with one attached hydrogen (secondary N) is 1. The van der Waals surface area contributed by atoms with Crippen molar-refractivity contribution in [1.29, 1.82) is 0 Å². The molecule has 0 bridgehead atoms. The first-order valence-electron chi connectivity index (χ1n) is 11.8. The van der Waals surface area contributed by atoms with Crippen LogP contribution in [0.15, 0.2) is 65.6 Å². The molecule has 4 aromatic rings. The fourth-order valence-electron chi connectivity index (χ4n) is 4.25. The minimum atomic E-state index is -3.67. The molecule has 0 atom stereocenters. The lowest BCUT2D eigenvalue weighted by molar-refractivity contribution is -0.118. The van der Waals surface area contributed by atoms with Gasteiger partial charge >= 0.3 is 0 Å². The molecule has 1 amide bonds. The van der Waals surface area contributed by atoms with Gasteiger partial charge in [-0.2, -0.15) is 0 Å². The van der Waals surface area contributed by atoms with Crippen LogP contribution in [0.5, 0.6) is 11.5 Å². The van der Waals surface area contributed by atoms with Gasteiger partial charge in [0, 0.05) is 30.8 Å². The van der Waals surface area contributed by atoms with E-state index in [4.69, 9.17) is 14.5 Å². The molecule has 1 N–H and O–H groups in total. The third kappa shape index (κ3) is 4.79. The van der Waals surface area contributed by atoms with E-state index < -0.39 is 21.5 Å². The van der Waals surface area contributed by atoms with Gasteiger partial charge in [0.1, 0.15) is 11.6 Å². The summed E-state index contributed by atoms with van der Waals surface area (Å²) in [7, 11) is -3.67. The summed E-state index contributed by atoms with van der Waals surface area (Å²) in [5, 5.41) is 2.72. The van der Waals surface area contributed by atoms with Gasteiger partial charge in [0.15, 0.2) is 21.3 Å². The topological polar surface area (TPSA) is 99.5 Å². The van der Waals surface area contributed by atoms with Crippen molar-refractivity contribution in [2.75, 3.05) is 19.1 Å². The number of nitrogens with zero attached hydrogens (tertiary/aromatic N) is 2. The Kier molecular flexibility index (Phi) is 6.40. The third-order valence-corrected chi connectivity index (χ3v) is 7.80. The van der Waals surface area contributed by atoms with Gasteiger partial charge in [0.05, 0.1) is 15.9 Å². The Labute approximate surface area is 209 Å². The number of aryl methyl sites for hydroxylation is 2. The van der Waals surface area contributed by atoms with Crippen molar-refractivity contribution >= 4 is 26.8 Å². The second kappa shape index (κ2) is 9.66. The number of imidazole rings is 1. The molecule has 8 nitrogen and oxygen atoms in total. The Morgan fingerprint density at radius 3 is 2.42 bits per heavy atom. The molecule has 0 saturated carbocycles. The maximum atomic E-state index is 12.5. The van der Waals surface area contributed by atoms with Gasteiger partial charge in [0.25, 0.3) is 0 Å². The van der Waals surface area contributed by atoms with Crippen LogP contribution >= 0.6 is 0 Å². The van der Waals surface area contributed by atoms with E-state index in [1.165, 1.54) is 12.1 Å². The van der Waals surface area contributed by atoms with Crippen molar-refractivity contribution in [2.45, 2.75) is 31.6 Å². The summed E-state index contributed by atoms with van der Waals surface area (Å²) in [6, 6.07) is 18.4. The normalized spacial score (nSPS) is 12.7. The standard InChI is InChI=1S/C27H27N3O5S/c1-3-26-29-22-14-24-25(35-17-34-24)15-23(22)30(26)20-8-6-19(7-9-20)12-13-28-27(31)16-36(32,33)21-10-4-18(2)5-11-21/h4-11,14-15H,3,12-13,16-17H2,1-2H3,(H,28,31). The van der Waals surface area contributed by atoms with Crippen LogP contribution < -0.4 is 14.8 Å². The summed E-state index contributed by atoms with van der Waals surface area (Å²) in [4.78, 5) is 17.2. The Balaban J connectivity index is 1.23. The molecule has 0 saturated heterocycles. The van der Waals surface area contributed by atoms with Gasteiger partial charge in [-0.15, -0.1) is 0 Å². The van der Waals surface area contributed by atoms with E-state index in [2.05, 4.69) is 16.8 Å². The van der Waals surface area contributed by atoms with Gasteiger partial charge in [-0.1, -0.05) is 36.8 Å². The molecule has 3 aromatic carbocycles. The lowest BCUT2D eigenvalue weighted by atomic mass is 10.1. The minimum Gasteiger partial charge on any atom is -0.454 e. The molecule has 0 aliphatic carbocycles. The molecule has 1 aliphatic rings. The zero-order chi connectivity index (χ0) is 25.3. The Bertz CT molecular complexity index is 1520. The van der Waals surface area contributed by atoms with Gasteiger partial charge in [-0.05, 0) is 43.2 Å². The summed E-state index contributed by atoms with van der Waals surface area (Å²) < 4.78 is 38.1. The van der Waals surface area contributed by atoms with Gasteiger partial charge < -0.3 is 14.8 Å². The maximum absolute atomic E-state index is 12.5. The third-order valence-electron chi connectivity index (χ3n) is 6.17. The van der Waals surface area contributed by atoms with Crippen LogP contribution in [-0.4, -0.2) is 43.0 Å². The van der Waals surface area contributed by atoms with Crippen LogP contribution in [0, 0.1) is 6.92 Å². The number of fused-ring (bicyclic) bond motifs is 2. The Hall–Kier alpha value is -3.85. The number of benzene rings is 3. The quantitative estimate of drug-likeness (QED) is 0.392. The van der Waals surface area contributed by atoms with Crippen molar-refractivity contribution in [1.82, 2.24) is 14.9 Å². The first-order chi connectivity index (χ1) is 17.3. The average molecular weight is 506 g/mol. The highest BCUT2D eigenvalue weighted by Crippen LogP contribution is 2.37. The van der Waals surface area contributed by atoms with Crippen molar-refractivity contribution in [2.24, 2.45) is 0 Å². The molecule has 0 unspecified atom stereocenters. The van der Waals surface area contributed by atoms with Crippen LogP contribution in [0.25, 0.3) is 16.7 Å². The van der Waals surface area contributed by atoms with E-state index in [0.717, 1.165) is 40.1 Å². The lowest BCUT2D eigenvalue weighted by Crippen LogP contribution is -2.31. The van der Waals surface area contributed by atoms with E-state index in [0.29, 0.717) is 24.5 Å². The summed E-state index contributed by atoms with van der Waals surface area (Å²) >= 11 is 0. The second-order valence-electron chi connectivity index (χ2n) is 8.75. The first kappa shape index (κ1) is 23.9. The average Bonchev–Trinajstić information content (AvgIpc) is 3.46. The second-order valence-corrected chi connectivity index (χ2v) is 10.7. The lowest BCUT2D eigenvalue weighted by Gasteiger charge is -2.10. The molecule has 1 aliphatic heterocycles. The molecule has 9 heteroatoms. The highest BCUT2D eigenvalue weighted by molar-refractivity contribution is 7.92. The van der Waals surface area contributed by atoms with Crippen molar-refractivity contribution < 1.29 is 22.7 Å². The predicted octanol–water partition coefficient (Wildman–Crippen LogP) is 3.76. The molecule has 0 spiro atoms. The number of hydrogen-bond acceptors (Lipinski definition) is 6. The van der Waals surface area contributed by atoms with E-state index in [1.54, 1.807) is 12.1 Å². The minimum absolute atomic E-state index is 0.154. The van der Waals surface area contributed by atoms with Crippen LogP contribution in [0.3, 0.4) is 0 Å². The van der Waals surface area contributed by atoms with Gasteiger partial charge in [-0.3, -0.25) is 9.36 Å². The van der Waals surface area contributed by atoms with Crippen LogP contribution in [0.4, 0.5) is 0 Å². The monoisotopic (exact) mass is 505 g/mol. The summed E-state index contributed by atoms with van der Waals surface area (Å²) in [6.07, 6.45) is 1.35. The number of amides is 1. The highest BCUT2D eigenvalue weighted by Gasteiger charge is 2.20. The zero-order valence-electron chi connectivity index (χ0n) is 20.2. The molecular weight excluding hydrogens is 478 g/mol. The van der Waals surface area contributed by atoms with Crippen molar-refractivity contribution in [3.05, 3.63) is 77.6 Å². The summed E-state index contributed by atoms with van der Waals surface area (Å²) in [5.41, 5.74) is 4.77. The zero-order valence-corrected chi connectivity index (χ0v) is 21.0. The number of ether oxygens (including phenoxy) is 2. The van der Waals surface area contributed by atoms with E-state index >= 15 is 0 Å². The number of carbonyl (C=O) groups is 1. The number of rotatable bonds is 8. The summed E-state index contributed by atoms with van der Waals surface area (Å²) in [5.74, 6) is 1.27. The molecule has 0 fully saturated rings. The maximum Gasteiger partial charge on any atom is 0.235 e. The van der Waals surface area contributed by atoms with Gasteiger partial charge in [-0.25, -0.2) is 13.4 Å². The predicted molar refractivity (Wildman–Crippen MR) is 137 cm³/mol.